The van der Waals surface area contributed by atoms with Gasteiger partial charge in [-0.3, -0.25) is 4.68 Å². The molecule has 0 spiro atoms. The molecule has 0 saturated heterocycles. The van der Waals surface area contributed by atoms with Crippen LogP contribution in [0.25, 0.3) is 0 Å². The zero-order valence-corrected chi connectivity index (χ0v) is 10.8. The largest absolute Gasteiger partial charge is 0.306 e. The van der Waals surface area contributed by atoms with Crippen molar-refractivity contribution in [3.63, 3.8) is 0 Å². The highest BCUT2D eigenvalue weighted by Crippen LogP contribution is 2.21. The van der Waals surface area contributed by atoms with E-state index in [1.807, 2.05) is 24.0 Å². The summed E-state index contributed by atoms with van der Waals surface area (Å²) in [4.78, 5) is 1.33. The number of aryl methyl sites for hydroxylation is 1. The van der Waals surface area contributed by atoms with Crippen molar-refractivity contribution >= 4 is 27.3 Å². The molecule has 0 atom stereocenters. The second-order valence-electron chi connectivity index (χ2n) is 3.29. The second-order valence-corrected chi connectivity index (χ2v) is 5.84. The fourth-order valence-electron chi connectivity index (χ4n) is 1.32. The molecule has 2 aromatic heterocycles. The summed E-state index contributed by atoms with van der Waals surface area (Å²) in [6.07, 6.45) is 1.96. The van der Waals surface area contributed by atoms with Crippen molar-refractivity contribution in [2.24, 2.45) is 7.05 Å². The van der Waals surface area contributed by atoms with Crippen LogP contribution in [0.5, 0.6) is 0 Å². The van der Waals surface area contributed by atoms with Gasteiger partial charge in [0.05, 0.1) is 9.48 Å². The lowest BCUT2D eigenvalue weighted by Crippen LogP contribution is -2.12. The molecule has 2 rings (SSSR count). The standard InChI is InChI=1S/C10H12BrN3S/c1-14-5-4-8(13-14)6-12-7-9-2-3-10(11)15-9/h2-5,12H,6-7H2,1H3. The highest BCUT2D eigenvalue weighted by molar-refractivity contribution is 9.11. The van der Waals surface area contributed by atoms with Crippen LogP contribution < -0.4 is 5.32 Å². The highest BCUT2D eigenvalue weighted by atomic mass is 79.9. The molecule has 5 heteroatoms. The maximum absolute atomic E-state index is 4.30. The van der Waals surface area contributed by atoms with Gasteiger partial charge in [-0.2, -0.15) is 5.10 Å². The minimum atomic E-state index is 0.816. The predicted octanol–water partition coefficient (Wildman–Crippen LogP) is 2.53. The van der Waals surface area contributed by atoms with E-state index in [4.69, 9.17) is 0 Å². The lowest BCUT2D eigenvalue weighted by atomic mass is 10.4. The summed E-state index contributed by atoms with van der Waals surface area (Å²) in [6.45, 7) is 1.71. The zero-order chi connectivity index (χ0) is 10.7. The van der Waals surface area contributed by atoms with Crippen molar-refractivity contribution < 1.29 is 0 Å². The van der Waals surface area contributed by atoms with E-state index in [1.165, 1.54) is 8.66 Å². The summed E-state index contributed by atoms with van der Waals surface area (Å²) < 4.78 is 3.00. The summed E-state index contributed by atoms with van der Waals surface area (Å²) in [5.41, 5.74) is 1.08. The smallest absolute Gasteiger partial charge is 0.0762 e. The van der Waals surface area contributed by atoms with Crippen LogP contribution in [0.1, 0.15) is 10.6 Å². The Morgan fingerprint density at radius 1 is 1.40 bits per heavy atom. The lowest BCUT2D eigenvalue weighted by molar-refractivity contribution is 0.661. The molecule has 15 heavy (non-hydrogen) atoms. The normalized spacial score (nSPS) is 10.8. The van der Waals surface area contributed by atoms with Gasteiger partial charge in [-0.05, 0) is 34.1 Å². The quantitative estimate of drug-likeness (QED) is 0.936. The number of thiophene rings is 1. The Morgan fingerprint density at radius 3 is 2.87 bits per heavy atom. The van der Waals surface area contributed by atoms with E-state index in [0.717, 1.165) is 18.8 Å². The molecule has 0 amide bonds. The second kappa shape index (κ2) is 4.92. The number of nitrogens with zero attached hydrogens (tertiary/aromatic N) is 2. The monoisotopic (exact) mass is 285 g/mol. The van der Waals surface area contributed by atoms with E-state index in [-0.39, 0.29) is 0 Å². The van der Waals surface area contributed by atoms with Gasteiger partial charge in [-0.25, -0.2) is 0 Å². The van der Waals surface area contributed by atoms with Gasteiger partial charge in [-0.15, -0.1) is 11.3 Å². The lowest BCUT2D eigenvalue weighted by Gasteiger charge is -1.99. The first kappa shape index (κ1) is 10.9. The van der Waals surface area contributed by atoms with Gasteiger partial charge in [0.25, 0.3) is 0 Å². The molecule has 0 aliphatic rings. The minimum absolute atomic E-state index is 0.816. The molecule has 0 aliphatic heterocycles. The van der Waals surface area contributed by atoms with Gasteiger partial charge in [-0.1, -0.05) is 0 Å². The molecule has 2 aromatic rings. The molecule has 0 fully saturated rings. The van der Waals surface area contributed by atoms with Gasteiger partial charge < -0.3 is 5.32 Å². The van der Waals surface area contributed by atoms with E-state index < -0.39 is 0 Å². The predicted molar refractivity (Wildman–Crippen MR) is 65.8 cm³/mol. The van der Waals surface area contributed by atoms with E-state index in [2.05, 4.69) is 38.5 Å². The number of nitrogens with one attached hydrogen (secondary N) is 1. The van der Waals surface area contributed by atoms with Crippen LogP contribution in [0.4, 0.5) is 0 Å². The van der Waals surface area contributed by atoms with Crippen LogP contribution in [0.3, 0.4) is 0 Å². The maximum Gasteiger partial charge on any atom is 0.0762 e. The first-order valence-electron chi connectivity index (χ1n) is 4.67. The highest BCUT2D eigenvalue weighted by Gasteiger charge is 1.99. The minimum Gasteiger partial charge on any atom is -0.306 e. The number of aromatic nitrogens is 2. The fraction of sp³-hybridized carbons (Fsp3) is 0.300. The molecule has 80 valence electrons. The Hall–Kier alpha value is -0.650. The molecule has 3 nitrogen and oxygen atoms in total. The van der Waals surface area contributed by atoms with Crippen LogP contribution >= 0.6 is 27.3 Å². The van der Waals surface area contributed by atoms with Crippen LogP contribution in [0, 0.1) is 0 Å². The fourth-order valence-corrected chi connectivity index (χ4v) is 2.77. The Balaban J connectivity index is 1.80. The Morgan fingerprint density at radius 2 is 2.27 bits per heavy atom. The summed E-state index contributed by atoms with van der Waals surface area (Å²) in [6, 6.07) is 6.22. The topological polar surface area (TPSA) is 29.9 Å². The molecule has 0 aliphatic carbocycles. The molecule has 1 N–H and O–H groups in total. The van der Waals surface area contributed by atoms with Crippen molar-refractivity contribution in [3.05, 3.63) is 38.8 Å². The summed E-state index contributed by atoms with van der Waals surface area (Å²) >= 11 is 5.20. The van der Waals surface area contributed by atoms with Crippen molar-refractivity contribution in [2.75, 3.05) is 0 Å². The summed E-state index contributed by atoms with van der Waals surface area (Å²) in [5.74, 6) is 0. The molecule has 0 unspecified atom stereocenters. The Labute approximate surface area is 101 Å². The number of hydrogen-bond donors (Lipinski definition) is 1. The van der Waals surface area contributed by atoms with E-state index in [9.17, 15) is 0 Å². The third-order valence-corrected chi connectivity index (χ3v) is 3.63. The molecular formula is C10H12BrN3S. The summed E-state index contributed by atoms with van der Waals surface area (Å²) in [5, 5.41) is 7.65. The summed E-state index contributed by atoms with van der Waals surface area (Å²) in [7, 11) is 1.93. The first-order valence-corrected chi connectivity index (χ1v) is 6.28. The maximum atomic E-state index is 4.30. The van der Waals surface area contributed by atoms with Crippen molar-refractivity contribution in [1.82, 2.24) is 15.1 Å². The van der Waals surface area contributed by atoms with Crippen molar-refractivity contribution in [3.8, 4) is 0 Å². The Bertz CT molecular complexity index is 395. The molecular weight excluding hydrogens is 274 g/mol. The third-order valence-electron chi connectivity index (χ3n) is 2.00. The zero-order valence-electron chi connectivity index (χ0n) is 8.40. The first-order chi connectivity index (χ1) is 7.24. The molecule has 0 bridgehead atoms. The molecule has 0 aromatic carbocycles. The average Bonchev–Trinajstić information content (AvgIpc) is 2.76. The van der Waals surface area contributed by atoms with Crippen LogP contribution in [0.15, 0.2) is 28.2 Å². The SMILES string of the molecule is Cn1ccc(CNCc2ccc(Br)s2)n1. The van der Waals surface area contributed by atoms with Crippen LogP contribution in [0.2, 0.25) is 0 Å². The van der Waals surface area contributed by atoms with E-state index in [1.54, 1.807) is 11.3 Å². The number of hydrogen-bond acceptors (Lipinski definition) is 3. The van der Waals surface area contributed by atoms with Gasteiger partial charge in [0, 0.05) is 31.2 Å². The van der Waals surface area contributed by atoms with Crippen LogP contribution in [-0.2, 0) is 20.1 Å². The van der Waals surface area contributed by atoms with Gasteiger partial charge >= 0.3 is 0 Å². The molecule has 2 heterocycles. The Kier molecular flexibility index (Phi) is 3.56. The van der Waals surface area contributed by atoms with Gasteiger partial charge in [0.2, 0.25) is 0 Å². The number of rotatable bonds is 4. The van der Waals surface area contributed by atoms with Crippen molar-refractivity contribution in [2.45, 2.75) is 13.1 Å². The average molecular weight is 286 g/mol. The van der Waals surface area contributed by atoms with Gasteiger partial charge in [0.15, 0.2) is 0 Å². The molecule has 0 saturated carbocycles. The van der Waals surface area contributed by atoms with Crippen LogP contribution in [-0.4, -0.2) is 9.78 Å². The third kappa shape index (κ3) is 3.15. The molecule has 0 radical (unpaired) electrons. The van der Waals surface area contributed by atoms with E-state index >= 15 is 0 Å². The van der Waals surface area contributed by atoms with Crippen molar-refractivity contribution in [1.29, 1.82) is 0 Å². The van der Waals surface area contributed by atoms with Gasteiger partial charge in [0.1, 0.15) is 0 Å². The number of halogens is 1. The van der Waals surface area contributed by atoms with E-state index in [0.29, 0.717) is 0 Å².